The first-order valence-electron chi connectivity index (χ1n) is 5.86. The average Bonchev–Trinajstić information content (AvgIpc) is 2.80. The summed E-state index contributed by atoms with van der Waals surface area (Å²) in [6.07, 6.45) is -1.71. The van der Waals surface area contributed by atoms with Crippen LogP contribution in [0.15, 0.2) is 36.7 Å². The van der Waals surface area contributed by atoms with Gasteiger partial charge in [0.1, 0.15) is 0 Å². The van der Waals surface area contributed by atoms with Gasteiger partial charge in [0.05, 0.1) is 18.3 Å². The SMILES string of the molecule is NCCc1ccc(Cn2cc(C(F)(F)F)cn2)cc1. The Balaban J connectivity index is 2.06. The molecule has 2 N–H and O–H groups in total. The first kappa shape index (κ1) is 13.6. The van der Waals surface area contributed by atoms with Crippen LogP contribution < -0.4 is 5.73 Å². The Morgan fingerprint density at radius 3 is 2.26 bits per heavy atom. The molecular formula is C13H14F3N3. The lowest BCUT2D eigenvalue weighted by molar-refractivity contribution is -0.137. The zero-order valence-electron chi connectivity index (χ0n) is 10.2. The third-order valence-electron chi connectivity index (χ3n) is 2.76. The van der Waals surface area contributed by atoms with Crippen LogP contribution in [0.4, 0.5) is 13.2 Å². The van der Waals surface area contributed by atoms with Crippen LogP contribution in [0.1, 0.15) is 16.7 Å². The van der Waals surface area contributed by atoms with Crippen molar-refractivity contribution >= 4 is 0 Å². The summed E-state index contributed by atoms with van der Waals surface area (Å²) >= 11 is 0. The highest BCUT2D eigenvalue weighted by molar-refractivity contribution is 5.23. The molecule has 1 heterocycles. The summed E-state index contributed by atoms with van der Waals surface area (Å²) in [7, 11) is 0. The van der Waals surface area contributed by atoms with Crippen molar-refractivity contribution in [2.45, 2.75) is 19.1 Å². The molecule has 0 saturated carbocycles. The molecule has 1 aromatic heterocycles. The van der Waals surface area contributed by atoms with E-state index < -0.39 is 11.7 Å². The number of benzene rings is 1. The lowest BCUT2D eigenvalue weighted by Gasteiger charge is -2.04. The second kappa shape index (κ2) is 5.44. The van der Waals surface area contributed by atoms with E-state index in [4.69, 9.17) is 5.73 Å². The quantitative estimate of drug-likeness (QED) is 0.926. The molecule has 1 aromatic carbocycles. The van der Waals surface area contributed by atoms with Gasteiger partial charge in [0.15, 0.2) is 0 Å². The highest BCUT2D eigenvalue weighted by Gasteiger charge is 2.32. The summed E-state index contributed by atoms with van der Waals surface area (Å²) in [5.74, 6) is 0. The van der Waals surface area contributed by atoms with Crippen molar-refractivity contribution in [1.82, 2.24) is 9.78 Å². The van der Waals surface area contributed by atoms with E-state index in [0.717, 1.165) is 29.9 Å². The minimum Gasteiger partial charge on any atom is -0.330 e. The van der Waals surface area contributed by atoms with Gasteiger partial charge in [-0.3, -0.25) is 4.68 Å². The topological polar surface area (TPSA) is 43.8 Å². The molecule has 0 aliphatic heterocycles. The maximum Gasteiger partial charge on any atom is 0.419 e. The molecule has 0 aliphatic rings. The van der Waals surface area contributed by atoms with Gasteiger partial charge >= 0.3 is 6.18 Å². The van der Waals surface area contributed by atoms with Crippen LogP contribution in [-0.2, 0) is 19.1 Å². The van der Waals surface area contributed by atoms with Gasteiger partial charge in [-0.1, -0.05) is 24.3 Å². The molecule has 0 amide bonds. The largest absolute Gasteiger partial charge is 0.419 e. The Hall–Kier alpha value is -1.82. The highest BCUT2D eigenvalue weighted by Crippen LogP contribution is 2.28. The van der Waals surface area contributed by atoms with E-state index in [2.05, 4.69) is 5.10 Å². The molecule has 0 unspecified atom stereocenters. The van der Waals surface area contributed by atoms with Crippen molar-refractivity contribution in [2.75, 3.05) is 6.54 Å². The van der Waals surface area contributed by atoms with Crippen LogP contribution in [0, 0.1) is 0 Å². The van der Waals surface area contributed by atoms with E-state index in [1.54, 1.807) is 0 Å². The van der Waals surface area contributed by atoms with Crippen LogP contribution in [0.3, 0.4) is 0 Å². The van der Waals surface area contributed by atoms with E-state index in [-0.39, 0.29) is 0 Å². The molecule has 0 bridgehead atoms. The number of aromatic nitrogens is 2. The number of nitrogens with zero attached hydrogens (tertiary/aromatic N) is 2. The van der Waals surface area contributed by atoms with Gasteiger partial charge in [-0.25, -0.2) is 0 Å². The van der Waals surface area contributed by atoms with E-state index >= 15 is 0 Å². The fourth-order valence-electron chi connectivity index (χ4n) is 1.76. The Morgan fingerprint density at radius 2 is 1.74 bits per heavy atom. The molecule has 6 heteroatoms. The standard InChI is InChI=1S/C13H14F3N3/c14-13(15,16)12-7-18-19(9-12)8-11-3-1-10(2-4-11)5-6-17/h1-4,7,9H,5-6,8,17H2. The van der Waals surface area contributed by atoms with Crippen LogP contribution in [0.2, 0.25) is 0 Å². The van der Waals surface area contributed by atoms with Gasteiger partial charge < -0.3 is 5.73 Å². The predicted molar refractivity (Wildman–Crippen MR) is 65.5 cm³/mol. The monoisotopic (exact) mass is 269 g/mol. The minimum absolute atomic E-state index is 0.318. The molecule has 19 heavy (non-hydrogen) atoms. The van der Waals surface area contributed by atoms with Gasteiger partial charge in [-0.05, 0) is 24.1 Å². The molecule has 102 valence electrons. The van der Waals surface area contributed by atoms with Crippen molar-refractivity contribution in [1.29, 1.82) is 0 Å². The Kier molecular flexibility index (Phi) is 3.90. The molecule has 0 atom stereocenters. The van der Waals surface area contributed by atoms with Crippen molar-refractivity contribution in [3.8, 4) is 0 Å². The summed E-state index contributed by atoms with van der Waals surface area (Å²) in [5, 5.41) is 3.71. The average molecular weight is 269 g/mol. The molecule has 0 radical (unpaired) electrons. The highest BCUT2D eigenvalue weighted by atomic mass is 19.4. The zero-order chi connectivity index (χ0) is 13.9. The summed E-state index contributed by atoms with van der Waals surface area (Å²) in [4.78, 5) is 0. The van der Waals surface area contributed by atoms with E-state index in [9.17, 15) is 13.2 Å². The summed E-state index contributed by atoms with van der Waals surface area (Å²) in [6.45, 7) is 0.895. The smallest absolute Gasteiger partial charge is 0.330 e. The lowest BCUT2D eigenvalue weighted by atomic mass is 10.1. The number of hydrogen-bond acceptors (Lipinski definition) is 2. The molecule has 2 aromatic rings. The summed E-state index contributed by atoms with van der Waals surface area (Å²) in [6, 6.07) is 7.60. The van der Waals surface area contributed by atoms with Gasteiger partial charge in [0.25, 0.3) is 0 Å². The van der Waals surface area contributed by atoms with Crippen LogP contribution in [-0.4, -0.2) is 16.3 Å². The maximum atomic E-state index is 12.4. The van der Waals surface area contributed by atoms with E-state index in [0.29, 0.717) is 13.1 Å². The number of nitrogens with two attached hydrogens (primary N) is 1. The van der Waals surface area contributed by atoms with Crippen molar-refractivity contribution in [3.63, 3.8) is 0 Å². The Labute approximate surface area is 108 Å². The molecule has 0 fully saturated rings. The zero-order valence-corrected chi connectivity index (χ0v) is 10.2. The van der Waals surface area contributed by atoms with Gasteiger partial charge in [-0.15, -0.1) is 0 Å². The first-order chi connectivity index (χ1) is 8.99. The minimum atomic E-state index is -4.34. The van der Waals surface area contributed by atoms with E-state index in [1.165, 1.54) is 4.68 Å². The second-order valence-electron chi connectivity index (χ2n) is 4.28. The summed E-state index contributed by atoms with van der Waals surface area (Å²) < 4.78 is 38.5. The van der Waals surface area contributed by atoms with Crippen molar-refractivity contribution in [3.05, 3.63) is 53.3 Å². The number of rotatable bonds is 4. The fraction of sp³-hybridized carbons (Fsp3) is 0.308. The van der Waals surface area contributed by atoms with Crippen molar-refractivity contribution in [2.24, 2.45) is 5.73 Å². The molecule has 3 nitrogen and oxygen atoms in total. The van der Waals surface area contributed by atoms with Crippen LogP contribution in [0.5, 0.6) is 0 Å². The normalized spacial score (nSPS) is 11.8. The van der Waals surface area contributed by atoms with Crippen LogP contribution in [0.25, 0.3) is 0 Å². The van der Waals surface area contributed by atoms with E-state index in [1.807, 2.05) is 24.3 Å². The number of hydrogen-bond donors (Lipinski definition) is 1. The van der Waals surface area contributed by atoms with Gasteiger partial charge in [0.2, 0.25) is 0 Å². The Morgan fingerprint density at radius 1 is 1.11 bits per heavy atom. The second-order valence-corrected chi connectivity index (χ2v) is 4.28. The number of halogens is 3. The third-order valence-corrected chi connectivity index (χ3v) is 2.76. The molecule has 2 rings (SSSR count). The molecule has 0 spiro atoms. The lowest BCUT2D eigenvalue weighted by Crippen LogP contribution is -2.04. The van der Waals surface area contributed by atoms with Gasteiger partial charge in [0, 0.05) is 6.20 Å². The maximum absolute atomic E-state index is 12.4. The van der Waals surface area contributed by atoms with Gasteiger partial charge in [-0.2, -0.15) is 18.3 Å². The van der Waals surface area contributed by atoms with Crippen LogP contribution >= 0.6 is 0 Å². The third kappa shape index (κ3) is 3.57. The summed E-state index contributed by atoms with van der Waals surface area (Å²) in [5.41, 5.74) is 6.73. The van der Waals surface area contributed by atoms with Crippen molar-refractivity contribution < 1.29 is 13.2 Å². The predicted octanol–water partition coefficient (Wildman–Crippen LogP) is 2.45. The number of alkyl halides is 3. The molecular weight excluding hydrogens is 255 g/mol. The first-order valence-corrected chi connectivity index (χ1v) is 5.86. The molecule has 0 saturated heterocycles. The fourth-order valence-corrected chi connectivity index (χ4v) is 1.76. The molecule has 0 aliphatic carbocycles. The Bertz CT molecular complexity index is 529.